The van der Waals surface area contributed by atoms with Crippen LogP contribution in [0.1, 0.15) is 59.0 Å². The summed E-state index contributed by atoms with van der Waals surface area (Å²) in [6.07, 6.45) is 3.66. The third-order valence-electron chi connectivity index (χ3n) is 11.2. The minimum Gasteiger partial charge on any atom is -0.460 e. The number of ether oxygens (including phenoxy) is 4. The maximum absolute atomic E-state index is 13.2. The maximum Gasteiger partial charge on any atom is 0.349 e. The number of esters is 2. The molecule has 0 aliphatic carbocycles. The summed E-state index contributed by atoms with van der Waals surface area (Å²) in [5.74, 6) is -1.16. The smallest absolute Gasteiger partial charge is 0.349 e. The molecule has 8 unspecified atom stereocenters. The van der Waals surface area contributed by atoms with E-state index in [1.807, 2.05) is 45.8 Å². The van der Waals surface area contributed by atoms with Gasteiger partial charge in [0.15, 0.2) is 0 Å². The van der Waals surface area contributed by atoms with Crippen LogP contribution >= 0.6 is 45.3 Å². The van der Waals surface area contributed by atoms with Crippen LogP contribution in [0.2, 0.25) is 0 Å². The molecular formula is C40H52N2O8S4Y2. The molecule has 4 saturated heterocycles. The monoisotopic (exact) mass is 994 g/mol. The first-order valence-corrected chi connectivity index (χ1v) is 21.7. The van der Waals surface area contributed by atoms with Gasteiger partial charge >= 0.3 is 11.9 Å². The van der Waals surface area contributed by atoms with E-state index in [0.717, 1.165) is 43.3 Å². The Morgan fingerprint density at radius 3 is 1.48 bits per heavy atom. The number of aliphatic hydroxyl groups is 2. The van der Waals surface area contributed by atoms with E-state index >= 15 is 0 Å². The van der Waals surface area contributed by atoms with Crippen molar-refractivity contribution in [2.75, 3.05) is 34.2 Å². The van der Waals surface area contributed by atoms with Gasteiger partial charge < -0.3 is 46.0 Å². The van der Waals surface area contributed by atoms with Crippen molar-refractivity contribution >= 4 is 57.3 Å². The van der Waals surface area contributed by atoms with Crippen molar-refractivity contribution in [3.05, 3.63) is 97.0 Å². The molecule has 300 valence electrons. The van der Waals surface area contributed by atoms with Crippen LogP contribution in [0.5, 0.6) is 0 Å². The Bertz CT molecular complexity index is 1740. The number of thiophene rings is 4. The Morgan fingerprint density at radius 1 is 0.732 bits per heavy atom. The first-order valence-electron chi connectivity index (χ1n) is 18.2. The molecule has 16 heteroatoms. The fourth-order valence-corrected chi connectivity index (χ4v) is 11.2. The fourth-order valence-electron chi connectivity index (χ4n) is 7.79. The molecule has 2 N–H and O–H groups in total. The summed E-state index contributed by atoms with van der Waals surface area (Å²) in [7, 11) is 6.51. The van der Waals surface area contributed by atoms with Crippen LogP contribution < -0.4 is 0 Å². The molecule has 0 saturated carbocycles. The molecule has 8 atom stereocenters. The number of carbonyl (C=O) groups is 2. The number of hydrogen-bond acceptors (Lipinski definition) is 13. The normalized spacial score (nSPS) is 28.2. The zero-order chi connectivity index (χ0) is 37.5. The van der Waals surface area contributed by atoms with Gasteiger partial charge in [-0.05, 0) is 73.1 Å². The molecule has 4 fully saturated rings. The minimum atomic E-state index is -1.73. The van der Waals surface area contributed by atoms with Crippen molar-refractivity contribution in [1.29, 1.82) is 0 Å². The predicted octanol–water partition coefficient (Wildman–Crippen LogP) is 6.27. The minimum absolute atomic E-state index is 0. The number of carbonyl (C=O) groups excluding carboxylic acids is 2. The van der Waals surface area contributed by atoms with Crippen LogP contribution in [-0.2, 0) is 105 Å². The Kier molecular flexibility index (Phi) is 17.3. The molecular weight excluding hydrogens is 943 g/mol. The quantitative estimate of drug-likeness (QED) is 0.0821. The zero-order valence-corrected chi connectivity index (χ0v) is 41.8. The number of likely N-dealkylation sites (tertiary alicyclic amines) is 2. The fraction of sp³-hybridized carbons (Fsp3) is 0.525. The Balaban J connectivity index is 0.000000236. The van der Waals surface area contributed by atoms with Gasteiger partial charge in [-0.15, -0.1) is 45.3 Å². The molecule has 0 spiro atoms. The zero-order valence-electron chi connectivity index (χ0n) is 32.8. The van der Waals surface area contributed by atoms with Gasteiger partial charge in [-0.3, -0.25) is 0 Å². The van der Waals surface area contributed by atoms with Gasteiger partial charge in [0.1, 0.15) is 24.4 Å². The van der Waals surface area contributed by atoms with Gasteiger partial charge in [0.05, 0.1) is 58.5 Å². The molecule has 4 aromatic rings. The topological polar surface area (TPSA) is 121 Å². The second-order valence-electron chi connectivity index (χ2n) is 15.2. The van der Waals surface area contributed by atoms with Crippen LogP contribution in [0, 0.1) is 7.43 Å². The van der Waals surface area contributed by atoms with Crippen LogP contribution in [0.3, 0.4) is 0 Å². The van der Waals surface area contributed by atoms with Crippen molar-refractivity contribution in [2.45, 2.75) is 99.4 Å². The van der Waals surface area contributed by atoms with Gasteiger partial charge in [-0.1, -0.05) is 24.3 Å². The summed E-state index contributed by atoms with van der Waals surface area (Å²) in [5.41, 5.74) is -3.46. The largest absolute Gasteiger partial charge is 0.460 e. The Hall–Kier alpha value is -0.292. The van der Waals surface area contributed by atoms with E-state index < -0.39 is 23.1 Å². The molecule has 4 aliphatic rings. The number of rotatable bonds is 10. The second kappa shape index (κ2) is 20.1. The summed E-state index contributed by atoms with van der Waals surface area (Å²) in [5, 5.41) is 30.2. The van der Waals surface area contributed by atoms with E-state index in [0.29, 0.717) is 25.6 Å². The molecule has 8 rings (SSSR count). The van der Waals surface area contributed by atoms with Crippen molar-refractivity contribution in [1.82, 2.24) is 4.90 Å². The average molecular weight is 995 g/mol. The molecule has 2 radical (unpaired) electrons. The number of epoxide rings is 2. The molecule has 56 heavy (non-hydrogen) atoms. The predicted molar refractivity (Wildman–Crippen MR) is 214 cm³/mol. The third kappa shape index (κ3) is 10.2. The average Bonchev–Trinajstić information content (AvgIpc) is 3.71. The second-order valence-corrected chi connectivity index (χ2v) is 19.0. The van der Waals surface area contributed by atoms with Crippen molar-refractivity contribution < 1.29 is 109 Å². The summed E-state index contributed by atoms with van der Waals surface area (Å²) in [6.45, 7) is 5.93. The van der Waals surface area contributed by atoms with Gasteiger partial charge in [0, 0.05) is 97.3 Å². The first kappa shape index (κ1) is 48.4. The maximum atomic E-state index is 13.2. The SMILES string of the molecule is CC1OC1C1CC(OC(=O)C(O)(c2cccs2)c2cccs2)CCN1C.CC1OC1C1CC(OC(=O)C(O)(c2cccs2)c2cccs2)CC[N+]1(C)C.[CH3-].[Y].[Y]. The summed E-state index contributed by atoms with van der Waals surface area (Å²) in [6, 6.07) is 15.1. The molecule has 10 nitrogen and oxygen atoms in total. The standard InChI is InChI=1S/C20H26NO4S2.C19H23NO4S2.CH3.2Y/c1-13-18(24-13)15-12-14(8-9-21(15,2)3)25-19(22)20(23,16-6-4-10-26-16)17-7-5-11-27-17;1-12-17(23-12)14-11-13(7-8-20(14)2)24-18(21)19(22,15-5-3-9-25-15)16-6-4-10-26-16;;;/h4-7,10-11,13-15,18,23H,8-9,12H2,1-3H3;3-6,9-10,12-14,17,22H,7-8,11H2,1-2H3;1H3;;/q+1;;-1;;. The molecule has 0 amide bonds. The van der Waals surface area contributed by atoms with E-state index in [1.165, 1.54) is 45.3 Å². The van der Waals surface area contributed by atoms with Crippen LogP contribution in [0.15, 0.2) is 70.1 Å². The van der Waals surface area contributed by atoms with Crippen LogP contribution in [0.4, 0.5) is 0 Å². The first-order chi connectivity index (χ1) is 25.3. The third-order valence-corrected chi connectivity index (χ3v) is 15.1. The molecule has 4 aliphatic heterocycles. The van der Waals surface area contributed by atoms with Gasteiger partial charge in [-0.25, -0.2) is 9.59 Å². The van der Waals surface area contributed by atoms with Crippen molar-refractivity contribution in [3.63, 3.8) is 0 Å². The molecule has 0 aromatic carbocycles. The molecule has 0 bridgehead atoms. The summed E-state index contributed by atoms with van der Waals surface area (Å²) < 4.78 is 24.0. The number of hydrogen-bond donors (Lipinski definition) is 2. The van der Waals surface area contributed by atoms with E-state index in [1.54, 1.807) is 24.3 Å². The van der Waals surface area contributed by atoms with Crippen molar-refractivity contribution in [3.8, 4) is 0 Å². The number of nitrogens with zero attached hydrogens (tertiary/aromatic N) is 2. The van der Waals surface area contributed by atoms with Gasteiger partial charge in [-0.2, -0.15) is 0 Å². The molecule has 8 heterocycles. The number of likely N-dealkylation sites (N-methyl/N-ethyl adjacent to an activating group) is 2. The van der Waals surface area contributed by atoms with E-state index in [4.69, 9.17) is 18.9 Å². The van der Waals surface area contributed by atoms with Gasteiger partial charge in [0.2, 0.25) is 11.2 Å². The van der Waals surface area contributed by atoms with Crippen LogP contribution in [0.25, 0.3) is 0 Å². The van der Waals surface area contributed by atoms with E-state index in [-0.39, 0.29) is 116 Å². The number of quaternary nitrogens is 1. The summed E-state index contributed by atoms with van der Waals surface area (Å²) >= 11 is 5.46. The van der Waals surface area contributed by atoms with Gasteiger partial charge in [0.25, 0.3) is 0 Å². The van der Waals surface area contributed by atoms with Crippen LogP contribution in [-0.4, -0.2) is 114 Å². The Labute approximate surface area is 397 Å². The molecule has 4 aromatic heterocycles. The number of piperidine rings is 2. The van der Waals surface area contributed by atoms with E-state index in [9.17, 15) is 19.8 Å². The van der Waals surface area contributed by atoms with E-state index in [2.05, 4.69) is 39.9 Å². The Morgan fingerprint density at radius 2 is 1.12 bits per heavy atom. The summed E-state index contributed by atoms with van der Waals surface area (Å²) in [4.78, 5) is 30.9. The van der Waals surface area contributed by atoms with Crippen molar-refractivity contribution in [2.24, 2.45) is 0 Å².